The molecule has 19 heavy (non-hydrogen) atoms. The highest BCUT2D eigenvalue weighted by atomic mass is 19.1. The van der Waals surface area contributed by atoms with Crippen LogP contribution in [0.15, 0.2) is 12.3 Å². The second-order valence-electron chi connectivity index (χ2n) is 4.77. The van der Waals surface area contributed by atoms with Crippen LogP contribution in [0.2, 0.25) is 0 Å². The van der Waals surface area contributed by atoms with Crippen LogP contribution in [0, 0.1) is 5.82 Å². The molecule has 0 saturated carbocycles. The van der Waals surface area contributed by atoms with Crippen LogP contribution in [0.3, 0.4) is 0 Å². The third kappa shape index (κ3) is 3.01. The standard InChI is InChI=1S/C13H18FN3O2/c1-8-6-17(7-9(2)19-8)13(18)11-4-10(14)5-16-12(11)15-3/h4-5,8-9H,6-7H2,1-3H3,(H,15,16). The minimum absolute atomic E-state index is 0.0211. The number of anilines is 1. The highest BCUT2D eigenvalue weighted by Crippen LogP contribution is 2.19. The molecule has 1 saturated heterocycles. The molecule has 5 nitrogen and oxygen atoms in total. The Kier molecular flexibility index (Phi) is 3.99. The van der Waals surface area contributed by atoms with Gasteiger partial charge in [-0.15, -0.1) is 0 Å². The van der Waals surface area contributed by atoms with Crippen LogP contribution >= 0.6 is 0 Å². The van der Waals surface area contributed by atoms with Crippen LogP contribution in [-0.2, 0) is 4.74 Å². The van der Waals surface area contributed by atoms with Crippen LogP contribution in [0.4, 0.5) is 10.2 Å². The van der Waals surface area contributed by atoms with Crippen molar-refractivity contribution < 1.29 is 13.9 Å². The van der Waals surface area contributed by atoms with Crippen LogP contribution in [0.25, 0.3) is 0 Å². The van der Waals surface area contributed by atoms with Crippen LogP contribution in [0.1, 0.15) is 24.2 Å². The van der Waals surface area contributed by atoms with Gasteiger partial charge in [-0.3, -0.25) is 4.79 Å². The minimum Gasteiger partial charge on any atom is -0.372 e. The predicted octanol–water partition coefficient (Wildman–Crippen LogP) is 1.51. The lowest BCUT2D eigenvalue weighted by molar-refractivity contribution is -0.0586. The van der Waals surface area contributed by atoms with Gasteiger partial charge in [-0.2, -0.15) is 0 Å². The summed E-state index contributed by atoms with van der Waals surface area (Å²) in [7, 11) is 1.65. The van der Waals surface area contributed by atoms with Crippen LogP contribution in [-0.4, -0.2) is 48.1 Å². The monoisotopic (exact) mass is 267 g/mol. The number of hydrogen-bond acceptors (Lipinski definition) is 4. The van der Waals surface area contributed by atoms with Gasteiger partial charge in [-0.25, -0.2) is 9.37 Å². The number of rotatable bonds is 2. The van der Waals surface area contributed by atoms with E-state index in [1.54, 1.807) is 11.9 Å². The lowest BCUT2D eigenvalue weighted by Gasteiger charge is -2.35. The number of hydrogen-bond donors (Lipinski definition) is 1. The molecule has 6 heteroatoms. The van der Waals surface area contributed by atoms with E-state index >= 15 is 0 Å². The van der Waals surface area contributed by atoms with E-state index in [2.05, 4.69) is 10.3 Å². The molecule has 0 bridgehead atoms. The molecule has 2 heterocycles. The van der Waals surface area contributed by atoms with Crippen molar-refractivity contribution in [3.05, 3.63) is 23.6 Å². The molecule has 0 spiro atoms. The first kappa shape index (κ1) is 13.7. The molecule has 1 aromatic heterocycles. The van der Waals surface area contributed by atoms with Gasteiger partial charge in [0.15, 0.2) is 0 Å². The number of nitrogens with one attached hydrogen (secondary N) is 1. The van der Waals surface area contributed by atoms with Gasteiger partial charge in [0, 0.05) is 20.1 Å². The topological polar surface area (TPSA) is 54.5 Å². The van der Waals surface area contributed by atoms with Crippen molar-refractivity contribution in [1.82, 2.24) is 9.88 Å². The van der Waals surface area contributed by atoms with E-state index in [1.165, 1.54) is 6.07 Å². The van der Waals surface area contributed by atoms with E-state index in [-0.39, 0.29) is 23.7 Å². The van der Waals surface area contributed by atoms with Crippen molar-refractivity contribution in [2.75, 3.05) is 25.5 Å². The first-order valence-corrected chi connectivity index (χ1v) is 6.29. The van der Waals surface area contributed by atoms with Crippen molar-refractivity contribution in [2.24, 2.45) is 0 Å². The summed E-state index contributed by atoms with van der Waals surface area (Å²) < 4.78 is 18.9. The lowest BCUT2D eigenvalue weighted by atomic mass is 10.1. The fraction of sp³-hybridized carbons (Fsp3) is 0.538. The molecule has 1 aliphatic heterocycles. The summed E-state index contributed by atoms with van der Waals surface area (Å²) in [6.07, 6.45) is 1.05. The molecule has 2 unspecified atom stereocenters. The van der Waals surface area contributed by atoms with Crippen molar-refractivity contribution in [1.29, 1.82) is 0 Å². The molecule has 1 amide bonds. The second kappa shape index (κ2) is 5.52. The lowest BCUT2D eigenvalue weighted by Crippen LogP contribution is -2.48. The molecule has 104 valence electrons. The summed E-state index contributed by atoms with van der Waals surface area (Å²) in [5.41, 5.74) is 0.254. The maximum Gasteiger partial charge on any atom is 0.257 e. The average Bonchev–Trinajstić information content (AvgIpc) is 2.36. The van der Waals surface area contributed by atoms with Crippen molar-refractivity contribution in [2.45, 2.75) is 26.1 Å². The normalized spacial score (nSPS) is 23.3. The number of pyridine rings is 1. The first-order valence-electron chi connectivity index (χ1n) is 6.29. The van der Waals surface area contributed by atoms with E-state index < -0.39 is 5.82 Å². The number of carbonyl (C=O) groups excluding carboxylic acids is 1. The summed E-state index contributed by atoms with van der Waals surface area (Å²) in [5.74, 6) is -0.353. The Labute approximate surface area is 111 Å². The molecule has 1 aliphatic rings. The van der Waals surface area contributed by atoms with Gasteiger partial charge >= 0.3 is 0 Å². The number of halogens is 1. The van der Waals surface area contributed by atoms with Gasteiger partial charge in [0.05, 0.1) is 24.0 Å². The Morgan fingerprint density at radius 2 is 2.11 bits per heavy atom. The third-order valence-electron chi connectivity index (χ3n) is 3.03. The highest BCUT2D eigenvalue weighted by Gasteiger charge is 2.28. The molecule has 2 atom stereocenters. The number of carbonyl (C=O) groups is 1. The van der Waals surface area contributed by atoms with Gasteiger partial charge in [0.2, 0.25) is 0 Å². The molecular weight excluding hydrogens is 249 g/mol. The molecule has 0 aliphatic carbocycles. The third-order valence-corrected chi connectivity index (χ3v) is 3.03. The summed E-state index contributed by atoms with van der Waals surface area (Å²) in [6, 6.07) is 1.21. The fourth-order valence-corrected chi connectivity index (χ4v) is 2.32. The zero-order valence-electron chi connectivity index (χ0n) is 11.3. The van der Waals surface area contributed by atoms with Gasteiger partial charge in [-0.05, 0) is 19.9 Å². The smallest absolute Gasteiger partial charge is 0.257 e. The molecule has 0 aromatic carbocycles. The number of amides is 1. The quantitative estimate of drug-likeness (QED) is 0.882. The average molecular weight is 267 g/mol. The van der Waals surface area contributed by atoms with Gasteiger partial charge < -0.3 is 15.0 Å². The second-order valence-corrected chi connectivity index (χ2v) is 4.77. The summed E-state index contributed by atoms with van der Waals surface area (Å²) >= 11 is 0. The Morgan fingerprint density at radius 3 is 2.68 bits per heavy atom. The van der Waals surface area contributed by atoms with E-state index in [1.807, 2.05) is 13.8 Å². The molecule has 1 N–H and O–H groups in total. The van der Waals surface area contributed by atoms with E-state index in [4.69, 9.17) is 4.74 Å². The number of nitrogens with zero attached hydrogens (tertiary/aromatic N) is 2. The summed E-state index contributed by atoms with van der Waals surface area (Å²) in [5, 5.41) is 2.81. The van der Waals surface area contributed by atoms with Crippen molar-refractivity contribution in [3.63, 3.8) is 0 Å². The maximum atomic E-state index is 13.3. The van der Waals surface area contributed by atoms with E-state index in [0.29, 0.717) is 18.9 Å². The fourth-order valence-electron chi connectivity index (χ4n) is 2.32. The van der Waals surface area contributed by atoms with Gasteiger partial charge in [-0.1, -0.05) is 0 Å². The summed E-state index contributed by atoms with van der Waals surface area (Å²) in [6.45, 7) is 4.84. The van der Waals surface area contributed by atoms with Gasteiger partial charge in [0.25, 0.3) is 5.91 Å². The van der Waals surface area contributed by atoms with Crippen LogP contribution < -0.4 is 5.32 Å². The molecule has 0 radical (unpaired) electrons. The maximum absolute atomic E-state index is 13.3. The minimum atomic E-state index is -0.517. The zero-order valence-corrected chi connectivity index (χ0v) is 11.3. The predicted molar refractivity (Wildman–Crippen MR) is 69.7 cm³/mol. The summed E-state index contributed by atoms with van der Waals surface area (Å²) in [4.78, 5) is 18.0. The largest absolute Gasteiger partial charge is 0.372 e. The molecule has 1 fully saturated rings. The van der Waals surface area contributed by atoms with E-state index in [9.17, 15) is 9.18 Å². The highest BCUT2D eigenvalue weighted by molar-refractivity contribution is 5.98. The van der Waals surface area contributed by atoms with Crippen molar-refractivity contribution in [3.8, 4) is 0 Å². The number of ether oxygens (including phenoxy) is 1. The number of aromatic nitrogens is 1. The SMILES string of the molecule is CNc1ncc(F)cc1C(=O)N1CC(C)OC(C)C1. The zero-order chi connectivity index (χ0) is 14.0. The molecular formula is C13H18FN3O2. The Bertz CT molecular complexity index is 471. The van der Waals surface area contributed by atoms with E-state index in [0.717, 1.165) is 6.20 Å². The van der Waals surface area contributed by atoms with Crippen molar-refractivity contribution >= 4 is 11.7 Å². The Morgan fingerprint density at radius 1 is 1.47 bits per heavy atom. The van der Waals surface area contributed by atoms with Gasteiger partial charge in [0.1, 0.15) is 11.6 Å². The Balaban J connectivity index is 2.26. The number of morpholine rings is 1. The molecule has 2 rings (SSSR count). The van der Waals surface area contributed by atoms with Crippen LogP contribution in [0.5, 0.6) is 0 Å². The molecule has 1 aromatic rings. The first-order chi connectivity index (χ1) is 9.01. The Hall–Kier alpha value is -1.69.